The van der Waals surface area contributed by atoms with Crippen LogP contribution in [0.25, 0.3) is 0 Å². The van der Waals surface area contributed by atoms with E-state index < -0.39 is 0 Å². The molecule has 6 nitrogen and oxygen atoms in total. The second kappa shape index (κ2) is 9.82. The first kappa shape index (κ1) is 22.5. The average Bonchev–Trinajstić information content (AvgIpc) is 2.99. The van der Waals surface area contributed by atoms with Gasteiger partial charge in [-0.1, -0.05) is 12.1 Å². The highest BCUT2D eigenvalue weighted by atomic mass is 16.5. The minimum atomic E-state index is -0.0195. The molecular formula is C26H34N2O4. The zero-order chi connectivity index (χ0) is 22.7. The smallest absolute Gasteiger partial charge is 0.219 e. The van der Waals surface area contributed by atoms with Gasteiger partial charge in [0.25, 0.3) is 0 Å². The van der Waals surface area contributed by atoms with Gasteiger partial charge >= 0.3 is 0 Å². The molecule has 2 aliphatic rings. The number of aryl methyl sites for hydroxylation is 1. The van der Waals surface area contributed by atoms with E-state index in [1.807, 2.05) is 23.1 Å². The molecule has 1 saturated heterocycles. The largest absolute Gasteiger partial charge is 0.497 e. The van der Waals surface area contributed by atoms with Crippen molar-refractivity contribution in [3.63, 3.8) is 0 Å². The van der Waals surface area contributed by atoms with Gasteiger partial charge in [-0.2, -0.15) is 0 Å². The van der Waals surface area contributed by atoms with E-state index in [0.29, 0.717) is 19.0 Å². The minimum absolute atomic E-state index is 0.0195. The Bertz CT molecular complexity index is 961. The molecule has 2 atom stereocenters. The summed E-state index contributed by atoms with van der Waals surface area (Å²) in [7, 11) is 3.37. The standard InChI is InChI=1S/C26H34N2O4/c1-18-12-20(7-9-24(18)31-4)14-27-11-5-6-21(15-27)26-17-28(19(2)29)16-22-13-23(30-3)8-10-25(22)32-26/h7-10,12-13,21,26H,5-6,11,14-17H2,1-4H3/t21-,26+/m0/s1. The van der Waals surface area contributed by atoms with Gasteiger partial charge < -0.3 is 19.1 Å². The lowest BCUT2D eigenvalue weighted by atomic mass is 9.91. The number of nitrogens with zero attached hydrogens (tertiary/aromatic N) is 2. The monoisotopic (exact) mass is 438 g/mol. The summed E-state index contributed by atoms with van der Waals surface area (Å²) in [5, 5.41) is 0. The van der Waals surface area contributed by atoms with Gasteiger partial charge in [-0.05, 0) is 61.7 Å². The molecule has 0 spiro atoms. The lowest BCUT2D eigenvalue weighted by Gasteiger charge is -2.37. The van der Waals surface area contributed by atoms with Gasteiger partial charge in [0.15, 0.2) is 0 Å². The zero-order valence-corrected chi connectivity index (χ0v) is 19.6. The third kappa shape index (κ3) is 5.01. The number of methoxy groups -OCH3 is 2. The second-order valence-corrected chi connectivity index (χ2v) is 8.97. The van der Waals surface area contributed by atoms with Crippen molar-refractivity contribution >= 4 is 5.91 Å². The number of hydrogen-bond acceptors (Lipinski definition) is 5. The number of ether oxygens (including phenoxy) is 3. The van der Waals surface area contributed by atoms with Gasteiger partial charge in [-0.15, -0.1) is 0 Å². The molecule has 0 unspecified atom stereocenters. The van der Waals surface area contributed by atoms with Crippen LogP contribution in [0.4, 0.5) is 0 Å². The summed E-state index contributed by atoms with van der Waals surface area (Å²) >= 11 is 0. The van der Waals surface area contributed by atoms with Crippen LogP contribution in [0.15, 0.2) is 36.4 Å². The molecule has 2 aliphatic heterocycles. The first-order valence-corrected chi connectivity index (χ1v) is 11.4. The first-order chi connectivity index (χ1) is 15.5. The molecule has 2 aromatic carbocycles. The molecule has 6 heteroatoms. The number of amides is 1. The molecule has 0 saturated carbocycles. The Morgan fingerprint density at radius 3 is 2.69 bits per heavy atom. The molecule has 0 N–H and O–H groups in total. The Hall–Kier alpha value is -2.73. The van der Waals surface area contributed by atoms with Gasteiger partial charge in [0.05, 0.1) is 20.8 Å². The van der Waals surface area contributed by atoms with Crippen LogP contribution in [0.5, 0.6) is 17.2 Å². The number of fused-ring (bicyclic) bond motifs is 1. The number of rotatable bonds is 5. The maximum atomic E-state index is 12.4. The summed E-state index contributed by atoms with van der Waals surface area (Å²) in [4.78, 5) is 16.8. The van der Waals surface area contributed by atoms with Crippen molar-refractivity contribution in [2.75, 3.05) is 33.9 Å². The summed E-state index contributed by atoms with van der Waals surface area (Å²) in [6.07, 6.45) is 2.23. The SMILES string of the molecule is COc1ccc2c(c1)CN(C(C)=O)C[C@H]([C@H]1CCCN(Cc3ccc(OC)c(C)c3)C1)O2. The fourth-order valence-electron chi connectivity index (χ4n) is 4.93. The molecule has 0 bridgehead atoms. The summed E-state index contributed by atoms with van der Waals surface area (Å²) in [5.74, 6) is 3.03. The van der Waals surface area contributed by atoms with Crippen molar-refractivity contribution < 1.29 is 19.0 Å². The fourth-order valence-corrected chi connectivity index (χ4v) is 4.93. The fraction of sp³-hybridized carbons (Fsp3) is 0.500. The number of hydrogen-bond donors (Lipinski definition) is 0. The minimum Gasteiger partial charge on any atom is -0.497 e. The van der Waals surface area contributed by atoms with E-state index in [1.54, 1.807) is 21.1 Å². The van der Waals surface area contributed by atoms with Crippen LogP contribution in [0, 0.1) is 12.8 Å². The van der Waals surface area contributed by atoms with E-state index in [0.717, 1.165) is 60.9 Å². The molecule has 0 aliphatic carbocycles. The molecular weight excluding hydrogens is 404 g/mol. The van der Waals surface area contributed by atoms with Crippen LogP contribution in [-0.4, -0.2) is 55.7 Å². The first-order valence-electron chi connectivity index (χ1n) is 11.4. The average molecular weight is 439 g/mol. The number of carbonyl (C=O) groups excluding carboxylic acids is 1. The van der Waals surface area contributed by atoms with Crippen LogP contribution >= 0.6 is 0 Å². The van der Waals surface area contributed by atoms with Crippen LogP contribution in [0.1, 0.15) is 36.5 Å². The Balaban J connectivity index is 1.49. The second-order valence-electron chi connectivity index (χ2n) is 8.97. The lowest BCUT2D eigenvalue weighted by Crippen LogP contribution is -2.46. The summed E-state index contributed by atoms with van der Waals surface area (Å²) in [6.45, 7) is 7.86. The van der Waals surface area contributed by atoms with E-state index >= 15 is 0 Å². The maximum Gasteiger partial charge on any atom is 0.219 e. The molecule has 1 fully saturated rings. The molecule has 0 radical (unpaired) electrons. The Morgan fingerprint density at radius 2 is 1.97 bits per heavy atom. The number of benzene rings is 2. The van der Waals surface area contributed by atoms with Crippen molar-refractivity contribution in [1.82, 2.24) is 9.80 Å². The molecule has 2 aromatic rings. The molecule has 1 amide bonds. The Labute approximate surface area is 191 Å². The highest BCUT2D eigenvalue weighted by Crippen LogP contribution is 2.33. The molecule has 32 heavy (non-hydrogen) atoms. The zero-order valence-electron chi connectivity index (χ0n) is 19.6. The van der Waals surface area contributed by atoms with Crippen molar-refractivity contribution in [3.05, 3.63) is 53.1 Å². The third-order valence-electron chi connectivity index (χ3n) is 6.69. The number of carbonyl (C=O) groups is 1. The predicted molar refractivity (Wildman–Crippen MR) is 124 cm³/mol. The van der Waals surface area contributed by atoms with Crippen molar-refractivity contribution in [1.29, 1.82) is 0 Å². The Kier molecular flexibility index (Phi) is 6.89. The highest BCUT2D eigenvalue weighted by molar-refractivity contribution is 5.73. The van der Waals surface area contributed by atoms with E-state index in [2.05, 4.69) is 30.0 Å². The Morgan fingerprint density at radius 1 is 1.12 bits per heavy atom. The highest BCUT2D eigenvalue weighted by Gasteiger charge is 2.33. The van der Waals surface area contributed by atoms with E-state index in [9.17, 15) is 4.79 Å². The molecule has 2 heterocycles. The quantitative estimate of drug-likeness (QED) is 0.705. The van der Waals surface area contributed by atoms with Crippen molar-refractivity contribution in [2.45, 2.75) is 45.9 Å². The lowest BCUT2D eigenvalue weighted by molar-refractivity contribution is -0.130. The van der Waals surface area contributed by atoms with Crippen LogP contribution in [0.2, 0.25) is 0 Å². The van der Waals surface area contributed by atoms with Crippen LogP contribution in [-0.2, 0) is 17.9 Å². The van der Waals surface area contributed by atoms with Gasteiger partial charge in [-0.3, -0.25) is 9.69 Å². The summed E-state index contributed by atoms with van der Waals surface area (Å²) < 4.78 is 17.3. The van der Waals surface area contributed by atoms with E-state index in [1.165, 1.54) is 5.56 Å². The van der Waals surface area contributed by atoms with Crippen LogP contribution in [0.3, 0.4) is 0 Å². The molecule has 4 rings (SSSR count). The maximum absolute atomic E-state index is 12.4. The van der Waals surface area contributed by atoms with Gasteiger partial charge in [0.1, 0.15) is 23.4 Å². The topological polar surface area (TPSA) is 51.2 Å². The number of likely N-dealkylation sites (tertiary alicyclic amines) is 1. The van der Waals surface area contributed by atoms with Crippen molar-refractivity contribution in [2.24, 2.45) is 5.92 Å². The van der Waals surface area contributed by atoms with Crippen molar-refractivity contribution in [3.8, 4) is 17.2 Å². The third-order valence-corrected chi connectivity index (χ3v) is 6.69. The molecule has 0 aromatic heterocycles. The summed E-state index contributed by atoms with van der Waals surface area (Å²) in [5.41, 5.74) is 3.46. The van der Waals surface area contributed by atoms with Gasteiger partial charge in [0, 0.05) is 38.0 Å². The molecule has 172 valence electrons. The van der Waals surface area contributed by atoms with Gasteiger partial charge in [0.2, 0.25) is 5.91 Å². The van der Waals surface area contributed by atoms with Crippen LogP contribution < -0.4 is 14.2 Å². The predicted octanol–water partition coefficient (Wildman–Crippen LogP) is 4.03. The number of piperidine rings is 1. The van der Waals surface area contributed by atoms with E-state index in [4.69, 9.17) is 14.2 Å². The summed E-state index contributed by atoms with van der Waals surface area (Å²) in [6, 6.07) is 12.3. The van der Waals surface area contributed by atoms with Gasteiger partial charge in [-0.25, -0.2) is 0 Å². The normalized spacial score (nSPS) is 21.3. The van der Waals surface area contributed by atoms with E-state index in [-0.39, 0.29) is 12.0 Å².